The van der Waals surface area contributed by atoms with Crippen molar-refractivity contribution >= 4 is 49.2 Å². The van der Waals surface area contributed by atoms with Crippen LogP contribution in [0.15, 0.2) is 41.4 Å². The Kier molecular flexibility index (Phi) is 4.08. The standard InChI is InChI=1S/C17H14N4S2/c1(2-4-14-18-10-12-6-8-22-16(12)20-14)3-5-15-19-11-13-7-9-23-17(13)21-15/h2,4,6-11H,1,3,5H2/b4-2+. The molecule has 0 saturated carbocycles. The van der Waals surface area contributed by atoms with E-state index in [1.807, 2.05) is 29.9 Å². The van der Waals surface area contributed by atoms with Gasteiger partial charge in [-0.15, -0.1) is 22.7 Å². The number of fused-ring (bicyclic) bond motifs is 2. The van der Waals surface area contributed by atoms with Crippen molar-refractivity contribution < 1.29 is 0 Å². The zero-order chi connectivity index (χ0) is 15.5. The second-order valence-electron chi connectivity index (χ2n) is 5.17. The smallest absolute Gasteiger partial charge is 0.153 e. The molecule has 0 radical (unpaired) electrons. The van der Waals surface area contributed by atoms with Gasteiger partial charge in [0.1, 0.15) is 15.5 Å². The van der Waals surface area contributed by atoms with Crippen LogP contribution in [0.2, 0.25) is 0 Å². The molecule has 4 aromatic rings. The van der Waals surface area contributed by atoms with Gasteiger partial charge in [-0.25, -0.2) is 19.9 Å². The summed E-state index contributed by atoms with van der Waals surface area (Å²) >= 11 is 3.31. The van der Waals surface area contributed by atoms with E-state index in [4.69, 9.17) is 0 Å². The van der Waals surface area contributed by atoms with Gasteiger partial charge in [0.2, 0.25) is 0 Å². The molecule has 0 atom stereocenters. The number of unbranched alkanes of at least 4 members (excludes halogenated alkanes) is 1. The highest BCUT2D eigenvalue weighted by molar-refractivity contribution is 7.17. The van der Waals surface area contributed by atoms with E-state index in [-0.39, 0.29) is 0 Å². The summed E-state index contributed by atoms with van der Waals surface area (Å²) < 4.78 is 0. The van der Waals surface area contributed by atoms with Gasteiger partial charge in [-0.3, -0.25) is 0 Å². The average Bonchev–Trinajstić information content (AvgIpc) is 3.22. The number of aryl methyl sites for hydroxylation is 1. The van der Waals surface area contributed by atoms with E-state index in [0.29, 0.717) is 0 Å². The number of rotatable bonds is 5. The molecule has 0 bridgehead atoms. The summed E-state index contributed by atoms with van der Waals surface area (Å²) in [6.45, 7) is 0. The van der Waals surface area contributed by atoms with E-state index in [9.17, 15) is 0 Å². The van der Waals surface area contributed by atoms with E-state index in [1.165, 1.54) is 0 Å². The molecule has 4 aromatic heterocycles. The Morgan fingerprint density at radius 3 is 2.48 bits per heavy atom. The lowest BCUT2D eigenvalue weighted by molar-refractivity contribution is 0.794. The number of allylic oxidation sites excluding steroid dienone is 1. The van der Waals surface area contributed by atoms with Crippen LogP contribution >= 0.6 is 22.7 Å². The summed E-state index contributed by atoms with van der Waals surface area (Å²) in [5, 5.41) is 6.32. The Bertz CT molecular complexity index is 971. The second kappa shape index (κ2) is 6.52. The lowest BCUT2D eigenvalue weighted by Gasteiger charge is -1.98. The first-order valence-electron chi connectivity index (χ1n) is 7.44. The number of thiophene rings is 2. The first kappa shape index (κ1) is 14.4. The summed E-state index contributed by atoms with van der Waals surface area (Å²) in [5.41, 5.74) is 0. The van der Waals surface area contributed by atoms with Gasteiger partial charge < -0.3 is 0 Å². The molecule has 0 amide bonds. The lowest BCUT2D eigenvalue weighted by Crippen LogP contribution is -1.93. The molecule has 0 unspecified atom stereocenters. The molecule has 0 fully saturated rings. The molecule has 6 heteroatoms. The molecular weight excluding hydrogens is 324 g/mol. The van der Waals surface area contributed by atoms with Gasteiger partial charge in [-0.1, -0.05) is 6.08 Å². The SMILES string of the molecule is C(=C\c1ncc2ccsc2n1)/CCCc1ncc2ccsc2n1. The molecule has 4 rings (SSSR count). The topological polar surface area (TPSA) is 51.6 Å². The quantitative estimate of drug-likeness (QED) is 0.494. The Hall–Kier alpha value is -2.18. The highest BCUT2D eigenvalue weighted by Crippen LogP contribution is 2.18. The van der Waals surface area contributed by atoms with Crippen LogP contribution in [-0.4, -0.2) is 19.9 Å². The first-order valence-corrected chi connectivity index (χ1v) is 9.20. The first-order chi connectivity index (χ1) is 11.4. The van der Waals surface area contributed by atoms with Crippen molar-refractivity contribution in [3.63, 3.8) is 0 Å². The maximum atomic E-state index is 4.58. The zero-order valence-electron chi connectivity index (χ0n) is 12.3. The molecule has 0 aliphatic rings. The molecule has 0 aliphatic carbocycles. The maximum Gasteiger partial charge on any atom is 0.153 e. The molecule has 4 heterocycles. The zero-order valence-corrected chi connectivity index (χ0v) is 14.0. The third kappa shape index (κ3) is 3.28. The molecule has 0 aliphatic heterocycles. The van der Waals surface area contributed by atoms with E-state index in [1.54, 1.807) is 22.7 Å². The van der Waals surface area contributed by atoms with Crippen LogP contribution in [0.4, 0.5) is 0 Å². The fourth-order valence-corrected chi connectivity index (χ4v) is 3.83. The van der Waals surface area contributed by atoms with Gasteiger partial charge in [0, 0.05) is 29.6 Å². The molecular formula is C17H14N4S2. The minimum atomic E-state index is 0.774. The van der Waals surface area contributed by atoms with Gasteiger partial charge in [0.05, 0.1) is 0 Å². The second-order valence-corrected chi connectivity index (χ2v) is 6.96. The van der Waals surface area contributed by atoms with E-state index >= 15 is 0 Å². The lowest BCUT2D eigenvalue weighted by atomic mass is 10.2. The molecule has 0 spiro atoms. The fraction of sp³-hybridized carbons (Fsp3) is 0.176. The van der Waals surface area contributed by atoms with Crippen molar-refractivity contribution in [2.45, 2.75) is 19.3 Å². The third-order valence-electron chi connectivity index (χ3n) is 3.52. The van der Waals surface area contributed by atoms with Crippen LogP contribution in [0.1, 0.15) is 24.5 Å². The molecule has 23 heavy (non-hydrogen) atoms. The number of aromatic nitrogens is 4. The molecule has 4 nitrogen and oxygen atoms in total. The molecule has 0 aromatic carbocycles. The Balaban J connectivity index is 1.33. The highest BCUT2D eigenvalue weighted by atomic mass is 32.1. The molecule has 114 valence electrons. The highest BCUT2D eigenvalue weighted by Gasteiger charge is 2.01. The Morgan fingerprint density at radius 1 is 0.913 bits per heavy atom. The Labute approximate surface area is 141 Å². The summed E-state index contributed by atoms with van der Waals surface area (Å²) in [4.78, 5) is 20.0. The largest absolute Gasteiger partial charge is 0.241 e. The maximum absolute atomic E-state index is 4.58. The number of nitrogens with zero attached hydrogens (tertiary/aromatic N) is 4. The van der Waals surface area contributed by atoms with Crippen molar-refractivity contribution in [1.82, 2.24) is 19.9 Å². The minimum absolute atomic E-state index is 0.774. The van der Waals surface area contributed by atoms with E-state index in [0.717, 1.165) is 51.3 Å². The van der Waals surface area contributed by atoms with Crippen LogP contribution in [0, 0.1) is 0 Å². The van der Waals surface area contributed by atoms with Gasteiger partial charge >= 0.3 is 0 Å². The van der Waals surface area contributed by atoms with Crippen molar-refractivity contribution in [3.8, 4) is 0 Å². The third-order valence-corrected chi connectivity index (χ3v) is 5.17. The summed E-state index contributed by atoms with van der Waals surface area (Å²) in [7, 11) is 0. The summed E-state index contributed by atoms with van der Waals surface area (Å²) in [6, 6.07) is 4.09. The van der Waals surface area contributed by atoms with Crippen LogP contribution in [0.25, 0.3) is 26.5 Å². The minimum Gasteiger partial charge on any atom is -0.241 e. The van der Waals surface area contributed by atoms with Gasteiger partial charge in [-0.05, 0) is 41.8 Å². The summed E-state index contributed by atoms with van der Waals surface area (Å²) in [5.74, 6) is 1.70. The van der Waals surface area contributed by atoms with Crippen LogP contribution in [-0.2, 0) is 6.42 Å². The van der Waals surface area contributed by atoms with E-state index < -0.39 is 0 Å². The summed E-state index contributed by atoms with van der Waals surface area (Å²) in [6.07, 6.45) is 10.8. The van der Waals surface area contributed by atoms with Crippen LogP contribution < -0.4 is 0 Å². The molecule has 0 N–H and O–H groups in total. The average molecular weight is 338 g/mol. The fourth-order valence-electron chi connectivity index (χ4n) is 2.33. The number of hydrogen-bond donors (Lipinski definition) is 0. The van der Waals surface area contributed by atoms with E-state index in [2.05, 4.69) is 37.5 Å². The molecule has 0 saturated heterocycles. The van der Waals surface area contributed by atoms with Gasteiger partial charge in [-0.2, -0.15) is 0 Å². The van der Waals surface area contributed by atoms with Crippen molar-refractivity contribution in [2.75, 3.05) is 0 Å². The Morgan fingerprint density at radius 2 is 1.65 bits per heavy atom. The van der Waals surface area contributed by atoms with Gasteiger partial charge in [0.25, 0.3) is 0 Å². The predicted octanol–water partition coefficient (Wildman–Crippen LogP) is 4.73. The van der Waals surface area contributed by atoms with Crippen LogP contribution in [0.5, 0.6) is 0 Å². The predicted molar refractivity (Wildman–Crippen MR) is 96.8 cm³/mol. The monoisotopic (exact) mass is 338 g/mol. The van der Waals surface area contributed by atoms with Gasteiger partial charge in [0.15, 0.2) is 5.82 Å². The van der Waals surface area contributed by atoms with Crippen LogP contribution in [0.3, 0.4) is 0 Å². The normalized spacial score (nSPS) is 11.8. The van der Waals surface area contributed by atoms with Crippen molar-refractivity contribution in [2.24, 2.45) is 0 Å². The number of hydrogen-bond acceptors (Lipinski definition) is 6. The van der Waals surface area contributed by atoms with Crippen molar-refractivity contribution in [3.05, 3.63) is 53.0 Å². The van der Waals surface area contributed by atoms with Crippen molar-refractivity contribution in [1.29, 1.82) is 0 Å².